The first kappa shape index (κ1) is 91.5. The fourth-order valence-corrected chi connectivity index (χ4v) is 19.3. The van der Waals surface area contributed by atoms with Crippen molar-refractivity contribution in [3.63, 3.8) is 0 Å². The lowest BCUT2D eigenvalue weighted by Gasteiger charge is -2.47. The Balaban J connectivity index is 0.000000164. The van der Waals surface area contributed by atoms with Gasteiger partial charge in [0.25, 0.3) is 0 Å². The van der Waals surface area contributed by atoms with Crippen LogP contribution in [0, 0.1) is 23.7 Å². The van der Waals surface area contributed by atoms with E-state index in [4.69, 9.17) is 129 Å². The van der Waals surface area contributed by atoms with Crippen molar-refractivity contribution in [2.75, 3.05) is 81.3 Å². The van der Waals surface area contributed by atoms with Crippen molar-refractivity contribution >= 4 is 39.2 Å². The van der Waals surface area contributed by atoms with Crippen LogP contribution in [0.15, 0.2) is 170 Å². The van der Waals surface area contributed by atoms with Crippen LogP contribution in [0.3, 0.4) is 0 Å². The SMILES string of the molecule is C.COc1cc([C@@H]2c3cc4c(cc3[C@@H](O[C@@H]3O[C@@H]5COC(C)OC5[C@H](O)[C@H]3O)[C@H]3COC(=O)[C@H]23)OCO4)cc(OC)c1O.COc1cc([C@@H]2c3cc4c(cc3[C@@H](O[C@@H]3O[C@@H]5COC(C)OC5[C@H](O)[C@H]3O)[C@H]3COC(=O)[C@H]23)OCO4)cc(OC)c1OCOP(=O)(OCc1ccccc1)OCc1ccccc1.O=P(OCCl)(OCc1ccccc1)OCc1ccccc1. The average Bonchev–Trinajstić information content (AvgIpc) is 1.47. The Morgan fingerprint density at radius 3 is 1.11 bits per heavy atom. The first-order valence-corrected chi connectivity index (χ1v) is 43.8. The third kappa shape index (κ3) is 19.8. The summed E-state index contributed by atoms with van der Waals surface area (Å²) in [5.41, 5.74) is 7.16. The fourth-order valence-electron chi connectivity index (χ4n) is 16.9. The number of hydrogen-bond donors (Lipinski definition) is 5. The largest absolute Gasteiger partial charge is 0.502 e. The van der Waals surface area contributed by atoms with Crippen molar-refractivity contribution in [2.24, 2.45) is 23.7 Å². The molecular formula is C89H99ClO34P2. The zero-order valence-corrected chi connectivity index (χ0v) is 71.1. The zero-order valence-electron chi connectivity index (χ0n) is 68.5. The molecule has 8 aliphatic heterocycles. The summed E-state index contributed by atoms with van der Waals surface area (Å²) in [5, 5.41) is 54.9. The normalized spacial score (nSPS) is 28.2. The number of benzene rings is 8. The van der Waals surface area contributed by atoms with Crippen molar-refractivity contribution in [1.82, 2.24) is 0 Å². The minimum atomic E-state index is -4.21. The van der Waals surface area contributed by atoms with Crippen LogP contribution in [0.5, 0.6) is 57.5 Å². The highest BCUT2D eigenvalue weighted by Gasteiger charge is 2.59. The van der Waals surface area contributed by atoms with Crippen molar-refractivity contribution in [3.8, 4) is 57.5 Å². The third-order valence-corrected chi connectivity index (χ3v) is 25.9. The minimum absolute atomic E-state index is 0. The van der Waals surface area contributed by atoms with Gasteiger partial charge in [-0.25, -0.2) is 13.7 Å². The molecule has 20 atom stereocenters. The van der Waals surface area contributed by atoms with Gasteiger partial charge in [0.2, 0.25) is 31.9 Å². The predicted octanol–water partition coefficient (Wildman–Crippen LogP) is 12.2. The van der Waals surface area contributed by atoms with E-state index in [-0.39, 0.29) is 114 Å². The van der Waals surface area contributed by atoms with Gasteiger partial charge in [-0.05, 0) is 118 Å². The van der Waals surface area contributed by atoms with Gasteiger partial charge in [0.05, 0.1) is 105 Å². The number of halogens is 1. The van der Waals surface area contributed by atoms with Gasteiger partial charge in [0.1, 0.15) is 54.9 Å². The molecule has 126 heavy (non-hydrogen) atoms. The van der Waals surface area contributed by atoms with E-state index in [1.54, 1.807) is 62.4 Å². The second-order valence-corrected chi connectivity index (χ2v) is 34.1. The summed E-state index contributed by atoms with van der Waals surface area (Å²) < 4.78 is 170. The highest BCUT2D eigenvalue weighted by atomic mass is 35.5. The van der Waals surface area contributed by atoms with Crippen molar-refractivity contribution in [3.05, 3.63) is 225 Å². The molecule has 4 unspecified atom stereocenters. The number of methoxy groups -OCH3 is 4. The molecule has 8 heterocycles. The lowest BCUT2D eigenvalue weighted by molar-refractivity contribution is -0.364. The van der Waals surface area contributed by atoms with E-state index in [9.17, 15) is 44.3 Å². The molecule has 37 heteroatoms. The van der Waals surface area contributed by atoms with E-state index in [2.05, 4.69) is 0 Å². The summed E-state index contributed by atoms with van der Waals surface area (Å²) in [7, 11) is -2.13. The second kappa shape index (κ2) is 40.6. The number of phosphoric ester groups is 2. The van der Waals surface area contributed by atoms with Crippen molar-refractivity contribution in [2.45, 2.75) is 146 Å². The van der Waals surface area contributed by atoms with Gasteiger partial charge in [0.15, 0.2) is 71.2 Å². The molecule has 0 saturated carbocycles. The standard InChI is InChI=1S/C44H47O17P.C29H32O13.C15H16ClO4P.CH4/c1-24-51-21-35-42(59-24)38(45)39(46)44(60-35)61-40-29-17-32-31(53-22-54-32)16-28(29)36(37-30(40)20-52-43(37)47)27-14-33(49-2)41(34(15-27)50-3)55-23-58-62(48,56-18-25-10-6-4-7-11-25)57-19-26-12-8-5-9-13-26;1-11-36-9-20-27(40-11)24(31)25(32)29(41-20)42-26-14-7-17-16(38-10-39-17)6-13(14)21(22-15(26)8-37-28(22)33)12-4-18(34-2)23(30)19(5-12)35-3;16-13-20-21(17,18-11-14-7-3-1-4-8-14)19-12-15-9-5-2-6-10-15;/h4-17,24,30,35-40,42,44-46H,18-23H2,1-3H3;4-7,11,15,20-22,24-27,29-32H,8-10H2,1-3H3;1-10H,11-13H2;1H4/t24?,30-,35+,36+,37-,38+,39+,40+,42?,44-;11?,15-,20+,21+,22-,24+,25+,26+,27?,29-;;/m00../s1. The molecule has 0 amide bonds. The molecule has 34 nitrogen and oxygen atoms in total. The number of carbonyl (C=O) groups excluding carboxylic acids is 2. The molecule has 0 radical (unpaired) electrons. The van der Waals surface area contributed by atoms with E-state index in [0.717, 1.165) is 22.3 Å². The zero-order chi connectivity index (χ0) is 87.2. The van der Waals surface area contributed by atoms with Gasteiger partial charge in [0, 0.05) is 23.7 Å². The lowest BCUT2D eigenvalue weighted by Crippen LogP contribution is -2.63. The van der Waals surface area contributed by atoms with Crippen LogP contribution in [-0.4, -0.2) is 193 Å². The molecule has 0 bridgehead atoms. The van der Waals surface area contributed by atoms with Gasteiger partial charge in [-0.3, -0.25) is 32.2 Å². The molecule has 8 aromatic rings. The summed E-state index contributed by atoms with van der Waals surface area (Å²) in [5.74, 6) is -2.10. The summed E-state index contributed by atoms with van der Waals surface area (Å²) in [6, 6.07) is 50.8. The number of rotatable bonds is 28. The minimum Gasteiger partial charge on any atom is -0.502 e. The number of cyclic esters (lactones) is 2. The van der Waals surface area contributed by atoms with Crippen LogP contribution in [0.4, 0.5) is 0 Å². The summed E-state index contributed by atoms with van der Waals surface area (Å²) >= 11 is 5.49. The summed E-state index contributed by atoms with van der Waals surface area (Å²) in [6.45, 7) is 3.30. The number of aliphatic hydroxyl groups excluding tert-OH is 4. The van der Waals surface area contributed by atoms with Crippen LogP contribution >= 0.6 is 27.2 Å². The Hall–Kier alpha value is -9.27. The second-order valence-electron chi connectivity index (χ2n) is 30.5. The highest BCUT2D eigenvalue weighted by molar-refractivity contribution is 7.48. The smallest absolute Gasteiger partial charge is 0.478 e. The number of phenols is 1. The number of fused-ring (bicyclic) bond motifs is 8. The van der Waals surface area contributed by atoms with E-state index < -0.39 is 156 Å². The molecule has 676 valence electrons. The first-order chi connectivity index (χ1) is 60.6. The van der Waals surface area contributed by atoms with Crippen molar-refractivity contribution in [1.29, 1.82) is 0 Å². The molecular weight excluding hydrogens is 1710 g/mol. The maximum atomic E-state index is 14.0. The van der Waals surface area contributed by atoms with Gasteiger partial charge in [-0.1, -0.05) is 140 Å². The van der Waals surface area contributed by atoms with Gasteiger partial charge in [-0.2, -0.15) is 0 Å². The van der Waals surface area contributed by atoms with E-state index in [1.165, 1.54) is 28.4 Å². The molecule has 0 spiro atoms. The Morgan fingerprint density at radius 2 is 0.762 bits per heavy atom. The van der Waals surface area contributed by atoms with Gasteiger partial charge < -0.3 is 116 Å². The number of phosphoric acid groups is 2. The summed E-state index contributed by atoms with van der Waals surface area (Å²) in [6.07, 6.45) is -13.9. The number of phenolic OH excluding ortho intramolecular Hbond substituents is 1. The van der Waals surface area contributed by atoms with E-state index in [1.807, 2.05) is 121 Å². The number of alkyl halides is 1. The quantitative estimate of drug-likeness (QED) is 0.0132. The Bertz CT molecular complexity index is 4990. The lowest BCUT2D eigenvalue weighted by atomic mass is 9.66. The number of esters is 2. The number of ether oxygens (including phenoxy) is 19. The van der Waals surface area contributed by atoms with Crippen LogP contribution in [-0.2, 0) is 120 Å². The van der Waals surface area contributed by atoms with E-state index >= 15 is 0 Å². The molecule has 2 aliphatic carbocycles. The molecule has 0 aromatic heterocycles. The fraction of sp³-hybridized carbons (Fsp3) is 0.438. The predicted molar refractivity (Wildman–Crippen MR) is 440 cm³/mol. The number of hydrogen-bond acceptors (Lipinski definition) is 34. The topological polar surface area (TPSA) is 400 Å². The average molecular weight is 1810 g/mol. The third-order valence-electron chi connectivity index (χ3n) is 23.0. The van der Waals surface area contributed by atoms with Crippen LogP contribution in [0.1, 0.15) is 101 Å². The molecule has 6 fully saturated rings. The maximum absolute atomic E-state index is 14.0. The number of aliphatic hydroxyl groups is 4. The molecule has 8 aromatic carbocycles. The van der Waals surface area contributed by atoms with Crippen LogP contribution in [0.2, 0.25) is 0 Å². The van der Waals surface area contributed by atoms with E-state index in [0.29, 0.717) is 56.4 Å². The van der Waals surface area contributed by atoms with Gasteiger partial charge >= 0.3 is 27.6 Å². The molecule has 6 saturated heterocycles. The Morgan fingerprint density at radius 1 is 0.421 bits per heavy atom. The Kier molecular flexibility index (Phi) is 29.5. The van der Waals surface area contributed by atoms with Crippen LogP contribution < -0.4 is 42.6 Å². The number of aromatic hydroxyl groups is 1. The van der Waals surface area contributed by atoms with Gasteiger partial charge in [-0.15, -0.1) is 0 Å². The van der Waals surface area contributed by atoms with Crippen molar-refractivity contribution < 1.29 is 161 Å². The maximum Gasteiger partial charge on any atom is 0.478 e. The molecule has 10 aliphatic rings. The monoisotopic (exact) mass is 1810 g/mol. The highest BCUT2D eigenvalue weighted by Crippen LogP contribution is 2.61. The number of carbonyl (C=O) groups is 2. The Labute approximate surface area is 730 Å². The van der Waals surface area contributed by atoms with Crippen LogP contribution in [0.25, 0.3) is 0 Å². The molecule has 18 rings (SSSR count). The first-order valence-electron chi connectivity index (χ1n) is 40.3. The molecule has 5 N–H and O–H groups in total. The summed E-state index contributed by atoms with van der Waals surface area (Å²) in [4.78, 5) is 27.3.